The number of aromatic nitrogens is 2. The monoisotopic (exact) mass is 269 g/mol. The first-order valence-electron chi connectivity index (χ1n) is 5.96. The normalized spacial score (nSPS) is 11.5. The van der Waals surface area contributed by atoms with Gasteiger partial charge in [-0.15, -0.1) is 0 Å². The standard InChI is InChI=1S/C13H14F3N3/c14-13(15,16)10-4-1-2-5-11(10)17-7-3-6-12-18-8-9-19-12/h1-2,4-5,8-9,17H,3,6-7H2,(H,18,19). The van der Waals surface area contributed by atoms with Crippen LogP contribution in [0.15, 0.2) is 36.7 Å². The topological polar surface area (TPSA) is 40.7 Å². The number of hydrogen-bond donors (Lipinski definition) is 2. The Morgan fingerprint density at radius 1 is 1.21 bits per heavy atom. The Bertz CT molecular complexity index is 506. The van der Waals surface area contributed by atoms with Gasteiger partial charge in [0.2, 0.25) is 0 Å². The number of alkyl halides is 3. The van der Waals surface area contributed by atoms with E-state index in [2.05, 4.69) is 15.3 Å². The highest BCUT2D eigenvalue weighted by Crippen LogP contribution is 2.34. The summed E-state index contributed by atoms with van der Waals surface area (Å²) in [6.45, 7) is 0.466. The average molecular weight is 269 g/mol. The fourth-order valence-electron chi connectivity index (χ4n) is 1.80. The van der Waals surface area contributed by atoms with E-state index in [0.29, 0.717) is 19.4 Å². The lowest BCUT2D eigenvalue weighted by Gasteiger charge is -2.14. The van der Waals surface area contributed by atoms with Gasteiger partial charge in [0.25, 0.3) is 0 Å². The van der Waals surface area contributed by atoms with Crippen LogP contribution < -0.4 is 5.32 Å². The van der Waals surface area contributed by atoms with Crippen LogP contribution in [0, 0.1) is 0 Å². The number of rotatable bonds is 5. The number of aryl methyl sites for hydroxylation is 1. The van der Waals surface area contributed by atoms with Gasteiger partial charge in [0, 0.05) is 31.0 Å². The van der Waals surface area contributed by atoms with Gasteiger partial charge in [-0.2, -0.15) is 13.2 Å². The van der Waals surface area contributed by atoms with E-state index in [9.17, 15) is 13.2 Å². The summed E-state index contributed by atoms with van der Waals surface area (Å²) in [5.41, 5.74) is -0.512. The minimum Gasteiger partial charge on any atom is -0.385 e. The van der Waals surface area contributed by atoms with E-state index in [1.165, 1.54) is 12.1 Å². The number of benzene rings is 1. The Balaban J connectivity index is 1.89. The molecule has 0 aliphatic heterocycles. The van der Waals surface area contributed by atoms with Crippen LogP contribution in [0.25, 0.3) is 0 Å². The first-order valence-corrected chi connectivity index (χ1v) is 5.96. The summed E-state index contributed by atoms with van der Waals surface area (Å²) >= 11 is 0. The van der Waals surface area contributed by atoms with Gasteiger partial charge < -0.3 is 10.3 Å². The summed E-state index contributed by atoms with van der Waals surface area (Å²) in [5, 5.41) is 2.82. The number of hydrogen-bond acceptors (Lipinski definition) is 2. The molecule has 3 nitrogen and oxygen atoms in total. The SMILES string of the molecule is FC(F)(F)c1ccccc1NCCCc1ncc[nH]1. The second kappa shape index (κ2) is 5.77. The molecular formula is C13H14F3N3. The third kappa shape index (κ3) is 3.74. The number of halogens is 3. The Kier molecular flexibility index (Phi) is 4.09. The van der Waals surface area contributed by atoms with E-state index < -0.39 is 11.7 Å². The predicted octanol–water partition coefficient (Wildman–Crippen LogP) is 3.47. The lowest BCUT2D eigenvalue weighted by atomic mass is 10.1. The van der Waals surface area contributed by atoms with Crippen molar-refractivity contribution in [2.45, 2.75) is 19.0 Å². The summed E-state index contributed by atoms with van der Waals surface area (Å²) < 4.78 is 38.2. The van der Waals surface area contributed by atoms with Gasteiger partial charge in [0.05, 0.1) is 5.56 Å². The summed E-state index contributed by atoms with van der Waals surface area (Å²) in [4.78, 5) is 7.01. The molecule has 0 amide bonds. The van der Waals surface area contributed by atoms with Crippen molar-refractivity contribution < 1.29 is 13.2 Å². The lowest BCUT2D eigenvalue weighted by molar-refractivity contribution is -0.136. The fraction of sp³-hybridized carbons (Fsp3) is 0.308. The van der Waals surface area contributed by atoms with Gasteiger partial charge >= 0.3 is 6.18 Å². The lowest BCUT2D eigenvalue weighted by Crippen LogP contribution is -2.12. The van der Waals surface area contributed by atoms with E-state index >= 15 is 0 Å². The minimum absolute atomic E-state index is 0.120. The smallest absolute Gasteiger partial charge is 0.385 e. The molecule has 0 unspecified atom stereocenters. The molecule has 0 aliphatic carbocycles. The second-order valence-electron chi connectivity index (χ2n) is 4.11. The molecule has 1 heterocycles. The number of anilines is 1. The molecule has 0 saturated carbocycles. The predicted molar refractivity (Wildman–Crippen MR) is 66.8 cm³/mol. The van der Waals surface area contributed by atoms with Crippen molar-refractivity contribution in [1.29, 1.82) is 0 Å². The molecule has 2 aromatic rings. The third-order valence-electron chi connectivity index (χ3n) is 2.69. The van der Waals surface area contributed by atoms with Gasteiger partial charge in [0.1, 0.15) is 5.82 Å². The summed E-state index contributed by atoms with van der Waals surface area (Å²) in [6, 6.07) is 5.49. The molecule has 0 spiro atoms. The number of nitrogens with zero attached hydrogens (tertiary/aromatic N) is 1. The summed E-state index contributed by atoms with van der Waals surface area (Å²) in [5.74, 6) is 0.839. The molecule has 2 rings (SSSR count). The molecule has 2 N–H and O–H groups in total. The zero-order valence-electron chi connectivity index (χ0n) is 10.2. The molecule has 0 bridgehead atoms. The minimum atomic E-state index is -4.33. The Labute approximate surface area is 108 Å². The van der Waals surface area contributed by atoms with Gasteiger partial charge in [0.15, 0.2) is 0 Å². The Hall–Kier alpha value is -1.98. The largest absolute Gasteiger partial charge is 0.418 e. The summed E-state index contributed by atoms with van der Waals surface area (Å²) in [6.07, 6.45) is 0.460. The molecule has 0 saturated heterocycles. The van der Waals surface area contributed by atoms with E-state index in [1.54, 1.807) is 18.5 Å². The summed E-state index contributed by atoms with van der Waals surface area (Å²) in [7, 11) is 0. The highest BCUT2D eigenvalue weighted by Gasteiger charge is 2.32. The maximum atomic E-state index is 12.7. The van der Waals surface area contributed by atoms with Crippen molar-refractivity contribution in [3.63, 3.8) is 0 Å². The Morgan fingerprint density at radius 2 is 2.00 bits per heavy atom. The molecular weight excluding hydrogens is 255 g/mol. The Morgan fingerprint density at radius 3 is 2.68 bits per heavy atom. The van der Waals surface area contributed by atoms with E-state index in [0.717, 1.165) is 11.9 Å². The number of nitrogens with one attached hydrogen (secondary N) is 2. The molecule has 0 fully saturated rings. The van der Waals surface area contributed by atoms with Crippen LogP contribution in [-0.4, -0.2) is 16.5 Å². The van der Waals surface area contributed by atoms with Crippen LogP contribution in [0.1, 0.15) is 17.8 Å². The van der Waals surface area contributed by atoms with Crippen LogP contribution in [0.4, 0.5) is 18.9 Å². The zero-order valence-corrected chi connectivity index (χ0v) is 10.2. The van der Waals surface area contributed by atoms with Crippen LogP contribution in [0.3, 0.4) is 0 Å². The number of H-pyrrole nitrogens is 1. The number of para-hydroxylation sites is 1. The number of imidazole rings is 1. The maximum absolute atomic E-state index is 12.7. The van der Waals surface area contributed by atoms with Gasteiger partial charge in [-0.1, -0.05) is 12.1 Å². The molecule has 102 valence electrons. The van der Waals surface area contributed by atoms with Gasteiger partial charge in [-0.3, -0.25) is 0 Å². The maximum Gasteiger partial charge on any atom is 0.418 e. The molecule has 0 aliphatic rings. The highest BCUT2D eigenvalue weighted by atomic mass is 19.4. The highest BCUT2D eigenvalue weighted by molar-refractivity contribution is 5.52. The zero-order chi connectivity index (χ0) is 13.7. The van der Waals surface area contributed by atoms with Crippen LogP contribution in [-0.2, 0) is 12.6 Å². The van der Waals surface area contributed by atoms with Crippen LogP contribution in [0.2, 0.25) is 0 Å². The van der Waals surface area contributed by atoms with Gasteiger partial charge in [-0.25, -0.2) is 4.98 Å². The molecule has 6 heteroatoms. The third-order valence-corrected chi connectivity index (χ3v) is 2.69. The molecule has 1 aromatic heterocycles. The fourth-order valence-corrected chi connectivity index (χ4v) is 1.80. The average Bonchev–Trinajstić information content (AvgIpc) is 2.87. The first kappa shape index (κ1) is 13.5. The van der Waals surface area contributed by atoms with Crippen molar-refractivity contribution in [2.24, 2.45) is 0 Å². The van der Waals surface area contributed by atoms with Crippen LogP contribution in [0.5, 0.6) is 0 Å². The number of aromatic amines is 1. The van der Waals surface area contributed by atoms with E-state index in [4.69, 9.17) is 0 Å². The van der Waals surface area contributed by atoms with Crippen molar-refractivity contribution in [3.8, 4) is 0 Å². The molecule has 1 aromatic carbocycles. The van der Waals surface area contributed by atoms with E-state index in [1.807, 2.05) is 0 Å². The van der Waals surface area contributed by atoms with Crippen molar-refractivity contribution in [2.75, 3.05) is 11.9 Å². The first-order chi connectivity index (χ1) is 9.07. The molecule has 0 radical (unpaired) electrons. The van der Waals surface area contributed by atoms with Crippen molar-refractivity contribution in [3.05, 3.63) is 48.0 Å². The molecule has 19 heavy (non-hydrogen) atoms. The van der Waals surface area contributed by atoms with E-state index in [-0.39, 0.29) is 5.69 Å². The van der Waals surface area contributed by atoms with Crippen LogP contribution >= 0.6 is 0 Å². The van der Waals surface area contributed by atoms with Crippen molar-refractivity contribution in [1.82, 2.24) is 9.97 Å². The molecule has 0 atom stereocenters. The second-order valence-corrected chi connectivity index (χ2v) is 4.11. The quantitative estimate of drug-likeness (QED) is 0.816. The van der Waals surface area contributed by atoms with Crippen molar-refractivity contribution >= 4 is 5.69 Å². The van der Waals surface area contributed by atoms with Gasteiger partial charge in [-0.05, 0) is 18.6 Å².